The van der Waals surface area contributed by atoms with Crippen LogP contribution in [0, 0.1) is 13.8 Å². The van der Waals surface area contributed by atoms with Crippen molar-refractivity contribution in [3.8, 4) is 11.4 Å². The van der Waals surface area contributed by atoms with E-state index in [1.54, 1.807) is 0 Å². The second kappa shape index (κ2) is 9.60. The first kappa shape index (κ1) is 25.2. The molecule has 8 heterocycles. The van der Waals surface area contributed by atoms with Crippen molar-refractivity contribution in [2.75, 3.05) is 0 Å². The molecule has 0 unspecified atom stereocenters. The third-order valence-corrected chi connectivity index (χ3v) is 8.40. The topological polar surface area (TPSA) is 106 Å². The van der Waals surface area contributed by atoms with Gasteiger partial charge in [-0.3, -0.25) is 9.13 Å². The van der Waals surface area contributed by atoms with Gasteiger partial charge in [0.2, 0.25) is 11.8 Å². The first-order valence-electron chi connectivity index (χ1n) is 14.5. The number of aromatic nitrogens is 6. The molecule has 0 atom stereocenters. The summed E-state index contributed by atoms with van der Waals surface area (Å²) in [5, 5.41) is 0. The number of ether oxygens (including phenoxy) is 2. The Kier molecular flexibility index (Phi) is 5.50. The van der Waals surface area contributed by atoms with Gasteiger partial charge in [0.15, 0.2) is 11.2 Å². The highest BCUT2D eigenvalue weighted by Crippen LogP contribution is 2.31. The van der Waals surface area contributed by atoms with E-state index in [2.05, 4.69) is 69.3 Å². The molecule has 4 aliphatic rings. The highest BCUT2D eigenvalue weighted by molar-refractivity contribution is 6.01. The number of nitrogens with zero attached hydrogens (tertiary/aromatic N) is 6. The van der Waals surface area contributed by atoms with Crippen molar-refractivity contribution in [2.24, 2.45) is 0 Å². The summed E-state index contributed by atoms with van der Waals surface area (Å²) in [5.41, 5.74) is 12.8. The first-order chi connectivity index (χ1) is 21.6. The van der Waals surface area contributed by atoms with Crippen molar-refractivity contribution in [2.45, 2.75) is 40.3 Å². The molecule has 4 aliphatic heterocycles. The molecule has 0 aliphatic carbocycles. The summed E-state index contributed by atoms with van der Waals surface area (Å²) >= 11 is 0. The zero-order valence-electron chi connectivity index (χ0n) is 24.1. The molecule has 0 saturated heterocycles. The van der Waals surface area contributed by atoms with Crippen LogP contribution in [0.1, 0.15) is 34.0 Å². The van der Waals surface area contributed by atoms with Crippen molar-refractivity contribution in [3.63, 3.8) is 0 Å². The third kappa shape index (κ3) is 3.95. The van der Waals surface area contributed by atoms with Crippen molar-refractivity contribution < 1.29 is 18.3 Å². The molecule has 4 aromatic carbocycles. The maximum absolute atomic E-state index is 6.21. The second-order valence-corrected chi connectivity index (χ2v) is 11.2. The van der Waals surface area contributed by atoms with Crippen LogP contribution in [0.3, 0.4) is 0 Å². The Balaban J connectivity index is 1.16. The largest absolute Gasteiger partial charge is 0.438 e. The lowest BCUT2D eigenvalue weighted by molar-refractivity contribution is 0.0762. The quantitative estimate of drug-likeness (QED) is 0.188. The molecule has 0 fully saturated rings. The van der Waals surface area contributed by atoms with Gasteiger partial charge in [-0.05, 0) is 84.6 Å². The lowest BCUT2D eigenvalue weighted by atomic mass is 10.1. The van der Waals surface area contributed by atoms with E-state index < -0.39 is 0 Å². The van der Waals surface area contributed by atoms with E-state index >= 15 is 0 Å². The van der Waals surface area contributed by atoms with Crippen LogP contribution < -0.4 is 0 Å². The van der Waals surface area contributed by atoms with Gasteiger partial charge in [-0.1, -0.05) is 12.1 Å². The number of oxazole rings is 2. The van der Waals surface area contributed by atoms with E-state index in [0.29, 0.717) is 36.2 Å². The Hall–Kier alpha value is -5.32. The van der Waals surface area contributed by atoms with Crippen LogP contribution in [0.4, 0.5) is 0 Å². The van der Waals surface area contributed by atoms with E-state index in [1.807, 2.05) is 36.9 Å². The third-order valence-electron chi connectivity index (χ3n) is 8.40. The fraction of sp³-hybridized carbons (Fsp3) is 0.176. The molecule has 10 nitrogen and oxygen atoms in total. The minimum Gasteiger partial charge on any atom is -0.438 e. The average Bonchev–Trinajstić information content (AvgIpc) is 3.81. The Morgan fingerprint density at radius 2 is 1.05 bits per heavy atom. The van der Waals surface area contributed by atoms with Crippen LogP contribution in [-0.4, -0.2) is 29.1 Å². The minimum atomic E-state index is 0.163. The molecule has 10 heteroatoms. The summed E-state index contributed by atoms with van der Waals surface area (Å²) in [5.74, 6) is 0.933. The molecule has 0 saturated carbocycles. The Bertz CT molecular complexity index is 2230. The van der Waals surface area contributed by atoms with Gasteiger partial charge < -0.3 is 18.3 Å². The molecule has 0 spiro atoms. The van der Waals surface area contributed by atoms with E-state index in [0.717, 1.165) is 66.7 Å². The van der Waals surface area contributed by atoms with Crippen LogP contribution in [0.5, 0.6) is 0 Å². The number of rotatable bonds is 0. The van der Waals surface area contributed by atoms with Crippen molar-refractivity contribution in [1.29, 1.82) is 0 Å². The summed E-state index contributed by atoms with van der Waals surface area (Å²) in [6, 6.07) is 20.4. The van der Waals surface area contributed by atoms with E-state index in [9.17, 15) is 0 Å². The van der Waals surface area contributed by atoms with Gasteiger partial charge in [-0.25, -0.2) is 19.9 Å². The van der Waals surface area contributed by atoms with Crippen molar-refractivity contribution >= 4 is 44.3 Å². The van der Waals surface area contributed by atoms with Crippen LogP contribution in [0.2, 0.25) is 0 Å². The molecule has 8 bridgehead atoms. The summed E-state index contributed by atoms with van der Waals surface area (Å²) in [6.45, 7) is 5.55. The molecule has 12 rings (SSSR count). The van der Waals surface area contributed by atoms with Gasteiger partial charge in [0.05, 0.1) is 24.2 Å². The number of hydrogen-bond acceptors (Lipinski definition) is 8. The van der Waals surface area contributed by atoms with E-state index in [1.165, 1.54) is 0 Å². The van der Waals surface area contributed by atoms with Crippen LogP contribution >= 0.6 is 0 Å². The smallest absolute Gasteiger partial charge is 0.221 e. The number of hydrogen-bond donors (Lipinski definition) is 0. The van der Waals surface area contributed by atoms with Gasteiger partial charge in [-0.2, -0.15) is 0 Å². The Morgan fingerprint density at radius 3 is 1.52 bits per heavy atom. The highest BCUT2D eigenvalue weighted by atomic mass is 16.5. The monoisotopic (exact) mass is 582 g/mol. The molecule has 0 radical (unpaired) electrons. The Morgan fingerprint density at radius 1 is 0.568 bits per heavy atom. The maximum Gasteiger partial charge on any atom is 0.221 e. The first-order valence-corrected chi connectivity index (χ1v) is 14.5. The molecule has 44 heavy (non-hydrogen) atoms. The maximum atomic E-state index is 6.21. The lowest BCUT2D eigenvalue weighted by Gasteiger charge is -2.13. The van der Waals surface area contributed by atoms with Crippen molar-refractivity contribution in [1.82, 2.24) is 29.1 Å². The standard InChI is InChI=1S/C34H26N6O4/c1-19-11-23-5-3-21(19)13-41-14-22-4-6-24(12-20(22)2)40-18-36-26-8-10-28-32(34(26)40)38-30(44-28)16-42-15-29-37-31-27(43-29)9-7-25-33(31)39(23)17-35-25/h3-12,17-18H,13-16H2,1-2H3. The second-order valence-electron chi connectivity index (χ2n) is 11.2. The fourth-order valence-corrected chi connectivity index (χ4v) is 6.06. The van der Waals surface area contributed by atoms with Gasteiger partial charge in [0, 0.05) is 11.4 Å². The molecule has 4 aromatic heterocycles. The number of aryl methyl sites for hydroxylation is 2. The van der Waals surface area contributed by atoms with Crippen molar-refractivity contribution in [3.05, 3.63) is 107 Å². The van der Waals surface area contributed by atoms with Gasteiger partial charge in [-0.15, -0.1) is 0 Å². The SMILES string of the molecule is Cc1cc2ccc1COCc1ccc(cc1C)-n1cnc3ccc4oc(nc4c31)COCc1nc3c(ccc4ncn-2c43)o1. The summed E-state index contributed by atoms with van der Waals surface area (Å²) < 4.78 is 28.5. The molecule has 8 aromatic rings. The van der Waals surface area contributed by atoms with E-state index in [-0.39, 0.29) is 13.2 Å². The van der Waals surface area contributed by atoms with Gasteiger partial charge in [0.1, 0.15) is 47.9 Å². The number of benzene rings is 4. The predicted molar refractivity (Wildman–Crippen MR) is 164 cm³/mol. The van der Waals surface area contributed by atoms with Gasteiger partial charge in [0.25, 0.3) is 0 Å². The number of imidazole rings is 2. The van der Waals surface area contributed by atoms with Gasteiger partial charge >= 0.3 is 0 Å². The highest BCUT2D eigenvalue weighted by Gasteiger charge is 2.18. The molecule has 0 amide bonds. The molecule has 216 valence electrons. The molecular weight excluding hydrogens is 556 g/mol. The normalized spacial score (nSPS) is 14.0. The minimum absolute atomic E-state index is 0.163. The van der Waals surface area contributed by atoms with Crippen LogP contribution in [-0.2, 0) is 35.9 Å². The summed E-state index contributed by atoms with van der Waals surface area (Å²) in [4.78, 5) is 18.9. The average molecular weight is 583 g/mol. The van der Waals surface area contributed by atoms with Crippen LogP contribution in [0.15, 0.2) is 82.2 Å². The van der Waals surface area contributed by atoms with Crippen LogP contribution in [0.25, 0.3) is 55.6 Å². The summed E-state index contributed by atoms with van der Waals surface area (Å²) in [6.07, 6.45) is 3.65. The zero-order chi connectivity index (χ0) is 29.4. The zero-order valence-corrected chi connectivity index (χ0v) is 24.1. The van der Waals surface area contributed by atoms with E-state index in [4.69, 9.17) is 28.3 Å². The molecular formula is C34H26N6O4. The lowest BCUT2D eigenvalue weighted by Crippen LogP contribution is -2.01. The summed E-state index contributed by atoms with van der Waals surface area (Å²) in [7, 11) is 0. The Labute approximate surface area is 250 Å². The predicted octanol–water partition coefficient (Wildman–Crippen LogP) is 7.01. The fourth-order valence-electron chi connectivity index (χ4n) is 6.06. The molecule has 0 N–H and O–H groups in total.